The van der Waals surface area contributed by atoms with Crippen LogP contribution in [0.1, 0.15) is 50.2 Å². The topological polar surface area (TPSA) is 80.5 Å². The van der Waals surface area contributed by atoms with E-state index in [2.05, 4.69) is 6.92 Å². The molecule has 0 bridgehead atoms. The molecule has 5 nitrogen and oxygen atoms in total. The molecule has 2 aliphatic rings. The Morgan fingerprint density at radius 3 is 2.42 bits per heavy atom. The van der Waals surface area contributed by atoms with Gasteiger partial charge in [-0.05, 0) is 62.3 Å². The fourth-order valence-electron chi connectivity index (χ4n) is 4.40. The average Bonchev–Trinajstić information content (AvgIpc) is 3.25. The van der Waals surface area contributed by atoms with E-state index in [1.807, 2.05) is 19.1 Å². The van der Waals surface area contributed by atoms with Gasteiger partial charge in [0.25, 0.3) is 0 Å². The highest BCUT2D eigenvalue weighted by Gasteiger charge is 2.56. The molecule has 0 radical (unpaired) electrons. The van der Waals surface area contributed by atoms with E-state index in [1.54, 1.807) is 17.9 Å². The Labute approximate surface area is 156 Å². The predicted octanol–water partition coefficient (Wildman–Crippen LogP) is 2.59. The van der Waals surface area contributed by atoms with Gasteiger partial charge in [-0.25, -0.2) is 8.42 Å². The van der Waals surface area contributed by atoms with Crippen molar-refractivity contribution in [1.82, 2.24) is 4.90 Å². The molecule has 0 aromatic heterocycles. The number of nitrogens with two attached hydrogens (primary N) is 1. The van der Waals surface area contributed by atoms with Crippen LogP contribution in [0.15, 0.2) is 23.1 Å². The summed E-state index contributed by atoms with van der Waals surface area (Å²) in [5.74, 6) is -0.215. The molecule has 3 rings (SSSR count). The van der Waals surface area contributed by atoms with Crippen LogP contribution < -0.4 is 5.73 Å². The number of benzene rings is 1. The highest BCUT2D eigenvalue weighted by atomic mass is 32.2. The minimum Gasteiger partial charge on any atom is -0.341 e. The lowest BCUT2D eigenvalue weighted by molar-refractivity contribution is -0.133. The van der Waals surface area contributed by atoms with E-state index in [9.17, 15) is 13.2 Å². The molecule has 1 aromatic rings. The summed E-state index contributed by atoms with van der Waals surface area (Å²) in [6.45, 7) is 7.41. The molecule has 2 fully saturated rings. The third-order valence-electron chi connectivity index (χ3n) is 6.29. The van der Waals surface area contributed by atoms with E-state index < -0.39 is 14.6 Å². The van der Waals surface area contributed by atoms with Gasteiger partial charge in [0.2, 0.25) is 5.91 Å². The number of nitrogens with zero attached hydrogens (tertiary/aromatic N) is 1. The smallest absolute Gasteiger partial charge is 0.244 e. The van der Waals surface area contributed by atoms with Crippen LogP contribution in [0, 0.1) is 19.3 Å². The van der Waals surface area contributed by atoms with Gasteiger partial charge in [-0.15, -0.1) is 0 Å². The number of hydrogen-bond acceptors (Lipinski definition) is 4. The van der Waals surface area contributed by atoms with E-state index in [0.717, 1.165) is 24.8 Å². The molecule has 1 heterocycles. The monoisotopic (exact) mass is 378 g/mol. The van der Waals surface area contributed by atoms with Crippen molar-refractivity contribution in [3.05, 3.63) is 29.3 Å². The molecule has 2 N–H and O–H groups in total. The van der Waals surface area contributed by atoms with E-state index in [1.165, 1.54) is 0 Å². The SMILES string of the molecule is Cc1ccc(C)c(S(=O)(=O)C2(C(=O)N3CCC(C)(CN)C3)CCCC2)c1. The zero-order chi connectivity index (χ0) is 19.2. The van der Waals surface area contributed by atoms with Crippen molar-refractivity contribution in [2.45, 2.75) is 62.5 Å². The Morgan fingerprint density at radius 1 is 1.19 bits per heavy atom. The van der Waals surface area contributed by atoms with Gasteiger partial charge in [0.1, 0.15) is 0 Å². The lowest BCUT2D eigenvalue weighted by atomic mass is 9.90. The first kappa shape index (κ1) is 19.4. The molecule has 26 heavy (non-hydrogen) atoms. The fraction of sp³-hybridized carbons (Fsp3) is 0.650. The van der Waals surface area contributed by atoms with Gasteiger partial charge >= 0.3 is 0 Å². The maximum absolute atomic E-state index is 13.7. The molecule has 1 unspecified atom stereocenters. The van der Waals surface area contributed by atoms with Crippen molar-refractivity contribution in [3.63, 3.8) is 0 Å². The Kier molecular flexibility index (Phi) is 4.95. The van der Waals surface area contributed by atoms with Crippen LogP contribution in [0.5, 0.6) is 0 Å². The summed E-state index contributed by atoms with van der Waals surface area (Å²) in [5, 5.41) is 0. The molecule has 1 saturated heterocycles. The molecule has 6 heteroatoms. The fourth-order valence-corrected chi connectivity index (χ4v) is 6.84. The number of carbonyl (C=O) groups is 1. The van der Waals surface area contributed by atoms with Gasteiger partial charge in [-0.1, -0.05) is 31.9 Å². The number of amides is 1. The number of aryl methyl sites for hydroxylation is 2. The van der Waals surface area contributed by atoms with E-state index in [-0.39, 0.29) is 11.3 Å². The highest BCUT2D eigenvalue weighted by Crippen LogP contribution is 2.44. The molecule has 1 aliphatic carbocycles. The summed E-state index contributed by atoms with van der Waals surface area (Å²) >= 11 is 0. The molecule has 1 saturated carbocycles. The number of rotatable bonds is 4. The number of sulfone groups is 1. The second kappa shape index (κ2) is 6.64. The summed E-state index contributed by atoms with van der Waals surface area (Å²) in [7, 11) is -3.76. The Bertz CT molecular complexity index is 812. The van der Waals surface area contributed by atoms with Crippen LogP contribution in [0.4, 0.5) is 0 Å². The summed E-state index contributed by atoms with van der Waals surface area (Å²) in [4.78, 5) is 15.6. The van der Waals surface area contributed by atoms with Gasteiger partial charge in [0, 0.05) is 13.1 Å². The van der Waals surface area contributed by atoms with Crippen molar-refractivity contribution in [2.24, 2.45) is 11.1 Å². The summed E-state index contributed by atoms with van der Waals surface area (Å²) < 4.78 is 26.1. The van der Waals surface area contributed by atoms with Gasteiger partial charge < -0.3 is 10.6 Å². The second-order valence-electron chi connectivity index (χ2n) is 8.47. The van der Waals surface area contributed by atoms with Gasteiger partial charge in [-0.2, -0.15) is 0 Å². The van der Waals surface area contributed by atoms with Crippen molar-refractivity contribution in [2.75, 3.05) is 19.6 Å². The molecule has 144 valence electrons. The quantitative estimate of drug-likeness (QED) is 0.873. The molecular weight excluding hydrogens is 348 g/mol. The van der Waals surface area contributed by atoms with Crippen LogP contribution in [0.3, 0.4) is 0 Å². The largest absolute Gasteiger partial charge is 0.341 e. The molecule has 1 aromatic carbocycles. The predicted molar refractivity (Wildman–Crippen MR) is 103 cm³/mol. The minimum atomic E-state index is -3.76. The standard InChI is InChI=1S/C20H30N2O3S/c1-15-6-7-16(2)17(12-15)26(24,25)20(8-4-5-9-20)18(23)22-11-10-19(3,13-21)14-22/h6-7,12H,4-5,8-11,13-14,21H2,1-3H3. The van der Waals surface area contributed by atoms with Gasteiger partial charge in [-0.3, -0.25) is 4.79 Å². The zero-order valence-electron chi connectivity index (χ0n) is 16.0. The van der Waals surface area contributed by atoms with E-state index >= 15 is 0 Å². The molecular formula is C20H30N2O3S. The average molecular weight is 379 g/mol. The summed E-state index contributed by atoms with van der Waals surface area (Å²) in [6, 6.07) is 5.45. The Balaban J connectivity index is 2.03. The second-order valence-corrected chi connectivity index (χ2v) is 10.7. The maximum Gasteiger partial charge on any atom is 0.244 e. The van der Waals surface area contributed by atoms with Crippen LogP contribution in [0.25, 0.3) is 0 Å². The van der Waals surface area contributed by atoms with E-state index in [4.69, 9.17) is 5.73 Å². The third-order valence-corrected chi connectivity index (χ3v) is 8.92. The summed E-state index contributed by atoms with van der Waals surface area (Å²) in [6.07, 6.45) is 3.21. The molecule has 1 amide bonds. The van der Waals surface area contributed by atoms with Gasteiger partial charge in [0.05, 0.1) is 4.90 Å². The first-order valence-corrected chi connectivity index (χ1v) is 10.9. The number of likely N-dealkylation sites (tertiary alicyclic amines) is 1. The normalized spacial score (nSPS) is 25.6. The van der Waals surface area contributed by atoms with Crippen LogP contribution in [-0.2, 0) is 14.6 Å². The van der Waals surface area contributed by atoms with Crippen molar-refractivity contribution in [1.29, 1.82) is 0 Å². The molecule has 1 atom stereocenters. The minimum absolute atomic E-state index is 0.113. The van der Waals surface area contributed by atoms with Crippen LogP contribution in [-0.4, -0.2) is 43.6 Å². The van der Waals surface area contributed by atoms with Crippen molar-refractivity contribution in [3.8, 4) is 0 Å². The van der Waals surface area contributed by atoms with Crippen LogP contribution >= 0.6 is 0 Å². The molecule has 1 aliphatic heterocycles. The lowest BCUT2D eigenvalue weighted by Crippen LogP contribution is -2.52. The highest BCUT2D eigenvalue weighted by molar-refractivity contribution is 7.93. The van der Waals surface area contributed by atoms with Crippen molar-refractivity contribution >= 4 is 15.7 Å². The first-order valence-electron chi connectivity index (χ1n) is 9.47. The van der Waals surface area contributed by atoms with Gasteiger partial charge in [0.15, 0.2) is 14.6 Å². The Morgan fingerprint density at radius 2 is 1.85 bits per heavy atom. The molecule has 0 spiro atoms. The number of hydrogen-bond donors (Lipinski definition) is 1. The Hall–Kier alpha value is -1.40. The zero-order valence-corrected chi connectivity index (χ0v) is 16.9. The number of carbonyl (C=O) groups excluding carboxylic acids is 1. The maximum atomic E-state index is 13.7. The third kappa shape index (κ3) is 2.97. The van der Waals surface area contributed by atoms with Crippen LogP contribution in [0.2, 0.25) is 0 Å². The first-order chi connectivity index (χ1) is 12.2. The van der Waals surface area contributed by atoms with E-state index in [0.29, 0.717) is 42.9 Å². The van der Waals surface area contributed by atoms with Crippen molar-refractivity contribution < 1.29 is 13.2 Å². The summed E-state index contributed by atoms with van der Waals surface area (Å²) in [5.41, 5.74) is 7.37. The lowest BCUT2D eigenvalue weighted by Gasteiger charge is -2.33.